The van der Waals surface area contributed by atoms with Crippen molar-refractivity contribution in [1.82, 2.24) is 10.6 Å². The second kappa shape index (κ2) is 7.50. The number of fused-ring (bicyclic) bond motifs is 1. The van der Waals surface area contributed by atoms with Crippen LogP contribution in [0, 0.1) is 0 Å². The number of carbonyl (C=O) groups excluding carboxylic acids is 1. The first kappa shape index (κ1) is 21.6. The van der Waals surface area contributed by atoms with Crippen molar-refractivity contribution in [3.05, 3.63) is 76.9 Å². The number of nitrogens with zero attached hydrogens (tertiary/aromatic N) is 1. The van der Waals surface area contributed by atoms with Gasteiger partial charge < -0.3 is 9.64 Å². The van der Waals surface area contributed by atoms with Gasteiger partial charge in [-0.3, -0.25) is 10.6 Å². The Morgan fingerprint density at radius 1 is 0.935 bits per heavy atom. The highest BCUT2D eigenvalue weighted by Crippen LogP contribution is 2.40. The number of carbonyl (C=O) groups is 1. The highest BCUT2D eigenvalue weighted by atomic mass is 16.6. The quantitative estimate of drug-likeness (QED) is 0.542. The highest BCUT2D eigenvalue weighted by Gasteiger charge is 2.51. The maximum Gasteiger partial charge on any atom is 0.341 e. The molecule has 31 heavy (non-hydrogen) atoms. The largest absolute Gasteiger partial charge is 0.422 e. The molecule has 0 saturated carbocycles. The summed E-state index contributed by atoms with van der Waals surface area (Å²) in [4.78, 5) is 15.1. The summed E-state index contributed by atoms with van der Waals surface area (Å²) in [7, 11) is 3.94. The van der Waals surface area contributed by atoms with Crippen molar-refractivity contribution in [3.8, 4) is 0 Å². The highest BCUT2D eigenvalue weighted by molar-refractivity contribution is 5.95. The van der Waals surface area contributed by atoms with E-state index in [1.807, 2.05) is 37.2 Å². The molecule has 2 unspecified atom stereocenters. The normalized spacial score (nSPS) is 31.7. The van der Waals surface area contributed by atoms with Crippen LogP contribution in [0.5, 0.6) is 0 Å². The minimum absolute atomic E-state index is 0.316. The molecule has 1 heterocycles. The predicted molar refractivity (Wildman–Crippen MR) is 126 cm³/mol. The van der Waals surface area contributed by atoms with Crippen LogP contribution in [0.25, 0.3) is 0 Å². The number of hydrogen-bond acceptors (Lipinski definition) is 5. The topological polar surface area (TPSA) is 53.6 Å². The molecule has 1 aliphatic heterocycles. The SMILES string of the molecule is CC1=CCC(C)(NC2(NC3(C)C=CC(C)=CC3)OC(=O)c3cc(N(C)C)ccc32)C=C1. The number of rotatable bonds is 5. The fourth-order valence-corrected chi connectivity index (χ4v) is 4.39. The molecule has 1 aromatic rings. The number of esters is 1. The van der Waals surface area contributed by atoms with Crippen molar-refractivity contribution < 1.29 is 9.53 Å². The van der Waals surface area contributed by atoms with Crippen LogP contribution in [0.15, 0.2) is 65.8 Å². The molecule has 3 aliphatic rings. The lowest BCUT2D eigenvalue weighted by molar-refractivity contribution is -0.0760. The summed E-state index contributed by atoms with van der Waals surface area (Å²) in [6, 6.07) is 5.95. The second-order valence-corrected chi connectivity index (χ2v) is 9.75. The zero-order chi connectivity index (χ0) is 22.4. The van der Waals surface area contributed by atoms with E-state index in [9.17, 15) is 4.79 Å². The Hall–Kier alpha value is -2.63. The van der Waals surface area contributed by atoms with Crippen LogP contribution in [0.2, 0.25) is 0 Å². The van der Waals surface area contributed by atoms with Gasteiger partial charge in [-0.2, -0.15) is 0 Å². The van der Waals surface area contributed by atoms with Crippen LogP contribution in [0.1, 0.15) is 56.5 Å². The van der Waals surface area contributed by atoms with E-state index in [1.165, 1.54) is 11.1 Å². The van der Waals surface area contributed by atoms with Crippen molar-refractivity contribution in [1.29, 1.82) is 0 Å². The Bertz CT molecular complexity index is 989. The Balaban J connectivity index is 1.78. The van der Waals surface area contributed by atoms with Crippen LogP contribution in [-0.2, 0) is 10.6 Å². The molecule has 0 bridgehead atoms. The standard InChI is InChI=1S/C26H33N3O2/c1-18-9-13-24(3,14-10-18)27-26(28-25(4)15-11-19(2)12-16-25)22-8-7-20(29(5)6)17-21(22)23(30)31-26/h7-13,15,17,27-28H,14,16H2,1-6H3. The van der Waals surface area contributed by atoms with Crippen molar-refractivity contribution >= 4 is 11.7 Å². The number of allylic oxidation sites excluding steroid dienone is 4. The van der Waals surface area contributed by atoms with Crippen molar-refractivity contribution in [2.75, 3.05) is 19.0 Å². The maximum absolute atomic E-state index is 13.1. The average Bonchev–Trinajstić information content (AvgIpc) is 2.97. The van der Waals surface area contributed by atoms with Crippen molar-refractivity contribution in [3.63, 3.8) is 0 Å². The smallest absolute Gasteiger partial charge is 0.341 e. The van der Waals surface area contributed by atoms with Crippen molar-refractivity contribution in [2.24, 2.45) is 0 Å². The molecule has 2 aliphatic carbocycles. The summed E-state index contributed by atoms with van der Waals surface area (Å²) < 4.78 is 6.15. The van der Waals surface area contributed by atoms with Crippen LogP contribution in [0.4, 0.5) is 5.69 Å². The lowest BCUT2D eigenvalue weighted by atomic mass is 9.87. The van der Waals surface area contributed by atoms with E-state index in [2.05, 4.69) is 74.8 Å². The van der Waals surface area contributed by atoms with Gasteiger partial charge in [0.2, 0.25) is 0 Å². The van der Waals surface area contributed by atoms with Gasteiger partial charge in [0.25, 0.3) is 5.85 Å². The molecule has 0 amide bonds. The second-order valence-electron chi connectivity index (χ2n) is 9.75. The lowest BCUT2D eigenvalue weighted by Gasteiger charge is -2.45. The van der Waals surface area contributed by atoms with Crippen LogP contribution >= 0.6 is 0 Å². The summed E-state index contributed by atoms with van der Waals surface area (Å²) in [6.45, 7) is 8.47. The van der Waals surface area contributed by atoms with Gasteiger partial charge >= 0.3 is 5.97 Å². The van der Waals surface area contributed by atoms with Gasteiger partial charge in [0.05, 0.1) is 5.56 Å². The monoisotopic (exact) mass is 419 g/mol. The third-order valence-electron chi connectivity index (χ3n) is 6.41. The summed E-state index contributed by atoms with van der Waals surface area (Å²) >= 11 is 0. The molecule has 0 saturated heterocycles. The van der Waals surface area contributed by atoms with Gasteiger partial charge in [0, 0.05) is 36.4 Å². The van der Waals surface area contributed by atoms with Gasteiger partial charge in [-0.15, -0.1) is 0 Å². The van der Waals surface area contributed by atoms with Gasteiger partial charge in [-0.25, -0.2) is 4.79 Å². The molecule has 5 nitrogen and oxygen atoms in total. The number of benzene rings is 1. The third kappa shape index (κ3) is 4.12. The first-order valence-electron chi connectivity index (χ1n) is 10.9. The van der Waals surface area contributed by atoms with Crippen molar-refractivity contribution in [2.45, 2.75) is 57.5 Å². The zero-order valence-corrected chi connectivity index (χ0v) is 19.4. The number of hydrogen-bond donors (Lipinski definition) is 2. The van der Waals surface area contributed by atoms with Crippen LogP contribution in [0.3, 0.4) is 0 Å². The van der Waals surface area contributed by atoms with E-state index in [4.69, 9.17) is 4.74 Å². The fourth-order valence-electron chi connectivity index (χ4n) is 4.39. The fraction of sp³-hybridized carbons (Fsp3) is 0.423. The average molecular weight is 420 g/mol. The summed E-state index contributed by atoms with van der Waals surface area (Å²) in [6.07, 6.45) is 14.6. The third-order valence-corrected chi connectivity index (χ3v) is 6.41. The van der Waals surface area contributed by atoms with Gasteiger partial charge in [0.1, 0.15) is 0 Å². The molecule has 0 spiro atoms. The molecule has 5 heteroatoms. The summed E-state index contributed by atoms with van der Waals surface area (Å²) in [5, 5.41) is 7.39. The van der Waals surface area contributed by atoms with Gasteiger partial charge in [0.15, 0.2) is 0 Å². The predicted octanol–water partition coefficient (Wildman–Crippen LogP) is 4.54. The number of anilines is 1. The van der Waals surface area contributed by atoms with E-state index in [1.54, 1.807) is 0 Å². The molecule has 1 aromatic carbocycles. The molecular formula is C26H33N3O2. The first-order valence-corrected chi connectivity index (χ1v) is 10.9. The molecule has 0 aromatic heterocycles. The molecule has 2 atom stereocenters. The van der Waals surface area contributed by atoms with E-state index < -0.39 is 5.85 Å². The van der Waals surface area contributed by atoms with Gasteiger partial charge in [-0.05, 0) is 58.7 Å². The molecule has 0 radical (unpaired) electrons. The Kier molecular flexibility index (Phi) is 5.23. The zero-order valence-electron chi connectivity index (χ0n) is 19.4. The van der Waals surface area contributed by atoms with Crippen LogP contribution in [-0.4, -0.2) is 31.1 Å². The maximum atomic E-state index is 13.1. The minimum atomic E-state index is -1.13. The van der Waals surface area contributed by atoms with E-state index >= 15 is 0 Å². The minimum Gasteiger partial charge on any atom is -0.422 e. The van der Waals surface area contributed by atoms with Gasteiger partial charge in [-0.1, -0.05) is 47.6 Å². The van der Waals surface area contributed by atoms with Crippen LogP contribution < -0.4 is 15.5 Å². The summed E-state index contributed by atoms with van der Waals surface area (Å²) in [5.41, 5.74) is 4.13. The number of nitrogens with one attached hydrogen (secondary N) is 2. The number of ether oxygens (including phenoxy) is 1. The molecular weight excluding hydrogens is 386 g/mol. The molecule has 2 N–H and O–H groups in total. The lowest BCUT2D eigenvalue weighted by Crippen LogP contribution is -2.66. The summed E-state index contributed by atoms with van der Waals surface area (Å²) in [5.74, 6) is -1.45. The molecule has 0 fully saturated rings. The van der Waals surface area contributed by atoms with E-state index in [0.717, 1.165) is 24.1 Å². The Morgan fingerprint density at radius 2 is 1.48 bits per heavy atom. The number of cyclic esters (lactones) is 1. The Morgan fingerprint density at radius 3 is 1.94 bits per heavy atom. The van der Waals surface area contributed by atoms with E-state index in [0.29, 0.717) is 5.56 Å². The molecule has 164 valence electrons. The Labute approximate surface area is 185 Å². The molecule has 4 rings (SSSR count). The first-order chi connectivity index (χ1) is 14.5. The van der Waals surface area contributed by atoms with E-state index in [-0.39, 0.29) is 17.0 Å².